The molecular weight excluding hydrogens is 478 g/mol. The minimum atomic E-state index is -1.80. The molecule has 1 saturated heterocycles. The lowest BCUT2D eigenvalue weighted by molar-refractivity contribution is -0.184. The van der Waals surface area contributed by atoms with Crippen LogP contribution in [0.25, 0.3) is 0 Å². The zero-order valence-corrected chi connectivity index (χ0v) is 24.7. The van der Waals surface area contributed by atoms with Crippen molar-refractivity contribution in [3.63, 3.8) is 0 Å². The fourth-order valence-electron chi connectivity index (χ4n) is 4.58. The van der Waals surface area contributed by atoms with Crippen molar-refractivity contribution in [1.29, 1.82) is 0 Å². The Balaban J connectivity index is 1.74. The molecule has 0 spiro atoms. The van der Waals surface area contributed by atoms with Crippen LogP contribution in [0.15, 0.2) is 60.7 Å². The van der Waals surface area contributed by atoms with E-state index in [9.17, 15) is 5.11 Å². The predicted octanol–water partition coefficient (Wildman–Crippen LogP) is 6.76. The van der Waals surface area contributed by atoms with E-state index in [1.165, 1.54) is 11.1 Å². The van der Waals surface area contributed by atoms with Gasteiger partial charge in [-0.2, -0.15) is 0 Å². The fourth-order valence-corrected chi connectivity index (χ4v) is 5.67. The van der Waals surface area contributed by atoms with Crippen molar-refractivity contribution in [1.82, 2.24) is 4.90 Å². The summed E-state index contributed by atoms with van der Waals surface area (Å²) in [7, 11) is -1.80. The number of hydrogen-bond acceptors (Lipinski definition) is 5. The van der Waals surface area contributed by atoms with E-state index in [1.807, 2.05) is 0 Å². The van der Waals surface area contributed by atoms with Crippen molar-refractivity contribution in [2.45, 2.75) is 103 Å². The normalized spacial score (nSPS) is 17.2. The number of ether oxygens (including phenoxy) is 2. The zero-order chi connectivity index (χ0) is 26.7. The number of rotatable bonds is 14. The van der Waals surface area contributed by atoms with Gasteiger partial charge in [0.2, 0.25) is 0 Å². The number of nitrogens with zero attached hydrogens (tertiary/aromatic N) is 1. The Morgan fingerprint density at radius 3 is 1.97 bits per heavy atom. The topological polar surface area (TPSA) is 51.2 Å². The molecule has 3 rings (SSSR count). The van der Waals surface area contributed by atoms with Crippen molar-refractivity contribution in [3.8, 4) is 0 Å². The largest absolute Gasteiger partial charge is 0.417 e. The summed E-state index contributed by atoms with van der Waals surface area (Å²) in [5.41, 5.74) is 2.51. The maximum absolute atomic E-state index is 11.6. The minimum absolute atomic E-state index is 0.00650. The molecule has 1 N–H and O–H groups in total. The van der Waals surface area contributed by atoms with E-state index in [0.29, 0.717) is 12.8 Å². The zero-order valence-electron chi connectivity index (χ0n) is 23.7. The number of aliphatic hydroxyl groups is 1. The molecule has 5 nitrogen and oxygen atoms in total. The summed E-state index contributed by atoms with van der Waals surface area (Å²) >= 11 is 0. The molecule has 2 aromatic rings. The van der Waals surface area contributed by atoms with Crippen molar-refractivity contribution < 1.29 is 19.0 Å². The summed E-state index contributed by atoms with van der Waals surface area (Å²) in [5.74, 6) is 0. The second-order valence-electron chi connectivity index (χ2n) is 11.9. The molecule has 0 aliphatic carbocycles. The summed E-state index contributed by atoms with van der Waals surface area (Å²) in [5, 5.41) is 11.8. The second-order valence-corrected chi connectivity index (χ2v) is 16.7. The van der Waals surface area contributed by atoms with Crippen LogP contribution in [0.5, 0.6) is 0 Å². The number of hydrogen-bond donors (Lipinski definition) is 1. The first-order valence-corrected chi connectivity index (χ1v) is 16.9. The van der Waals surface area contributed by atoms with E-state index in [1.54, 1.807) is 0 Å². The van der Waals surface area contributed by atoms with E-state index in [4.69, 9.17) is 13.9 Å². The third kappa shape index (κ3) is 9.93. The van der Waals surface area contributed by atoms with Crippen LogP contribution in [-0.2, 0) is 27.0 Å². The van der Waals surface area contributed by atoms with Crippen LogP contribution in [0.1, 0.15) is 64.0 Å². The predicted molar refractivity (Wildman–Crippen MR) is 154 cm³/mol. The van der Waals surface area contributed by atoms with E-state index in [-0.39, 0.29) is 17.4 Å². The van der Waals surface area contributed by atoms with Gasteiger partial charge in [0.15, 0.2) is 14.6 Å². The van der Waals surface area contributed by atoms with Crippen molar-refractivity contribution in [2.24, 2.45) is 0 Å². The average molecular weight is 528 g/mol. The summed E-state index contributed by atoms with van der Waals surface area (Å²) in [6, 6.07) is 21.2. The molecule has 2 atom stereocenters. The maximum Gasteiger partial charge on any atom is 0.191 e. The molecule has 0 bridgehead atoms. The van der Waals surface area contributed by atoms with Crippen LogP contribution >= 0.6 is 0 Å². The molecule has 0 aromatic heterocycles. The fraction of sp³-hybridized carbons (Fsp3) is 0.613. The Bertz CT molecular complexity index is 840. The standard InChI is InChI=1S/C31H49NO4Si/c1-31(2,3)37(4,5)36-23-12-18-28(29(33)19-20-30-34-21-13-22-35-30)32(24-26-14-8-6-9-15-26)25-27-16-10-7-11-17-27/h6-11,14-17,28-30,33H,12-13,18-25H2,1-5H3/t28-,29+/m1/s1. The Kier molecular flexibility index (Phi) is 11.8. The highest BCUT2D eigenvalue weighted by atomic mass is 28.4. The highest BCUT2D eigenvalue weighted by Crippen LogP contribution is 2.36. The van der Waals surface area contributed by atoms with E-state index >= 15 is 0 Å². The minimum Gasteiger partial charge on any atom is -0.417 e. The van der Waals surface area contributed by atoms with Crippen LogP contribution in [0.4, 0.5) is 0 Å². The smallest absolute Gasteiger partial charge is 0.191 e. The monoisotopic (exact) mass is 527 g/mol. The van der Waals surface area contributed by atoms with Crippen LogP contribution in [-0.4, -0.2) is 56.6 Å². The van der Waals surface area contributed by atoms with Crippen LogP contribution < -0.4 is 0 Å². The molecule has 0 unspecified atom stereocenters. The summed E-state index contributed by atoms with van der Waals surface area (Å²) in [6.07, 6.45) is 3.42. The third-order valence-electron chi connectivity index (χ3n) is 7.88. The van der Waals surface area contributed by atoms with Crippen molar-refractivity contribution in [2.75, 3.05) is 19.8 Å². The van der Waals surface area contributed by atoms with Gasteiger partial charge in [0.05, 0.1) is 19.3 Å². The quantitative estimate of drug-likeness (QED) is 0.217. The van der Waals surface area contributed by atoms with Gasteiger partial charge in [-0.25, -0.2) is 0 Å². The van der Waals surface area contributed by atoms with Gasteiger partial charge in [-0.3, -0.25) is 4.90 Å². The molecule has 6 heteroatoms. The second kappa shape index (κ2) is 14.6. The number of benzene rings is 2. The molecule has 2 aromatic carbocycles. The summed E-state index contributed by atoms with van der Waals surface area (Å²) in [4.78, 5) is 2.45. The first-order valence-electron chi connectivity index (χ1n) is 14.0. The molecule has 206 valence electrons. The van der Waals surface area contributed by atoms with Crippen LogP contribution in [0.2, 0.25) is 18.1 Å². The molecular formula is C31H49NO4Si. The Hall–Kier alpha value is -1.54. The molecule has 0 amide bonds. The van der Waals surface area contributed by atoms with E-state index < -0.39 is 14.4 Å². The molecule has 1 fully saturated rings. The van der Waals surface area contributed by atoms with Crippen molar-refractivity contribution >= 4 is 8.32 Å². The molecule has 1 aliphatic heterocycles. The third-order valence-corrected chi connectivity index (χ3v) is 12.4. The van der Waals surface area contributed by atoms with Crippen LogP contribution in [0.3, 0.4) is 0 Å². The number of aliphatic hydroxyl groups excluding tert-OH is 1. The van der Waals surface area contributed by atoms with Gasteiger partial charge in [0.1, 0.15) is 0 Å². The Labute approximate surface area is 226 Å². The average Bonchev–Trinajstić information content (AvgIpc) is 2.88. The van der Waals surface area contributed by atoms with Gasteiger partial charge in [0, 0.05) is 32.2 Å². The lowest BCUT2D eigenvalue weighted by Gasteiger charge is -2.38. The van der Waals surface area contributed by atoms with Gasteiger partial charge in [-0.05, 0) is 54.9 Å². The lowest BCUT2D eigenvalue weighted by atomic mass is 9.97. The SMILES string of the molecule is CC(C)(C)[Si](C)(C)OCCC[C@H]([C@@H](O)CCC1OCCCO1)N(Cc1ccccc1)Cc1ccccc1. The molecule has 0 radical (unpaired) electrons. The molecule has 37 heavy (non-hydrogen) atoms. The van der Waals surface area contributed by atoms with Gasteiger partial charge < -0.3 is 19.0 Å². The first kappa shape index (κ1) is 30.0. The molecule has 1 heterocycles. The first-order chi connectivity index (χ1) is 17.7. The van der Waals surface area contributed by atoms with E-state index in [0.717, 1.165) is 52.2 Å². The Morgan fingerprint density at radius 1 is 0.919 bits per heavy atom. The Morgan fingerprint density at radius 2 is 1.46 bits per heavy atom. The lowest BCUT2D eigenvalue weighted by Crippen LogP contribution is -2.44. The van der Waals surface area contributed by atoms with E-state index in [2.05, 4.69) is 99.4 Å². The van der Waals surface area contributed by atoms with Crippen molar-refractivity contribution in [3.05, 3.63) is 71.8 Å². The maximum atomic E-state index is 11.6. The van der Waals surface area contributed by atoms with Gasteiger partial charge in [0.25, 0.3) is 0 Å². The molecule has 1 aliphatic rings. The van der Waals surface area contributed by atoms with Gasteiger partial charge in [-0.15, -0.1) is 0 Å². The van der Waals surface area contributed by atoms with Gasteiger partial charge >= 0.3 is 0 Å². The van der Waals surface area contributed by atoms with Gasteiger partial charge in [-0.1, -0.05) is 81.4 Å². The van der Waals surface area contributed by atoms with Crippen LogP contribution in [0, 0.1) is 0 Å². The summed E-state index contributed by atoms with van der Waals surface area (Å²) < 4.78 is 18.0. The summed E-state index contributed by atoms with van der Waals surface area (Å²) in [6.45, 7) is 15.2. The molecule has 0 saturated carbocycles. The highest BCUT2D eigenvalue weighted by Gasteiger charge is 2.37. The highest BCUT2D eigenvalue weighted by molar-refractivity contribution is 6.74.